The van der Waals surface area contributed by atoms with Gasteiger partial charge in [-0.3, -0.25) is 14.4 Å². The molecule has 1 aliphatic rings. The number of ether oxygens (including phenoxy) is 1. The maximum absolute atomic E-state index is 12.7. The lowest BCUT2D eigenvalue weighted by Gasteiger charge is -2.32. The molecule has 146 valence electrons. The molecular weight excluding hydrogens is 356 g/mol. The number of esters is 1. The zero-order valence-electron chi connectivity index (χ0n) is 16.1. The molecule has 0 aliphatic carbocycles. The first-order valence-electron chi connectivity index (χ1n) is 9.38. The van der Waals surface area contributed by atoms with Crippen LogP contribution in [0.2, 0.25) is 0 Å². The topological polar surface area (TPSA) is 75.7 Å². The van der Waals surface area contributed by atoms with E-state index < -0.39 is 5.97 Å². The van der Waals surface area contributed by atoms with Gasteiger partial charge in [-0.05, 0) is 49.6 Å². The summed E-state index contributed by atoms with van der Waals surface area (Å²) < 4.78 is 5.02. The van der Waals surface area contributed by atoms with Crippen LogP contribution in [-0.2, 0) is 4.79 Å². The van der Waals surface area contributed by atoms with Crippen molar-refractivity contribution in [2.45, 2.75) is 32.7 Å². The quantitative estimate of drug-likeness (QED) is 0.654. The SMILES string of the molecule is CC(=O)Oc1cccc(C(=O)NC2CCN(C(=O)c3ccccc3C)CC2)c1. The Kier molecular flexibility index (Phi) is 6.09. The van der Waals surface area contributed by atoms with Gasteiger partial charge in [0.1, 0.15) is 5.75 Å². The molecule has 0 radical (unpaired) electrons. The third-order valence-electron chi connectivity index (χ3n) is 4.85. The number of aryl methyl sites for hydroxylation is 1. The maximum atomic E-state index is 12.7. The lowest BCUT2D eigenvalue weighted by Crippen LogP contribution is -2.46. The largest absolute Gasteiger partial charge is 0.427 e. The van der Waals surface area contributed by atoms with Crippen LogP contribution in [0.3, 0.4) is 0 Å². The maximum Gasteiger partial charge on any atom is 0.308 e. The molecule has 6 nitrogen and oxygen atoms in total. The zero-order chi connectivity index (χ0) is 20.1. The number of benzene rings is 2. The van der Waals surface area contributed by atoms with Gasteiger partial charge in [0.05, 0.1) is 0 Å². The summed E-state index contributed by atoms with van der Waals surface area (Å²) in [4.78, 5) is 38.1. The van der Waals surface area contributed by atoms with Gasteiger partial charge in [0.15, 0.2) is 0 Å². The Balaban J connectivity index is 1.55. The van der Waals surface area contributed by atoms with Crippen LogP contribution in [0.15, 0.2) is 48.5 Å². The average molecular weight is 380 g/mol. The van der Waals surface area contributed by atoms with Crippen molar-refractivity contribution in [3.63, 3.8) is 0 Å². The van der Waals surface area contributed by atoms with E-state index in [4.69, 9.17) is 4.74 Å². The van der Waals surface area contributed by atoms with Crippen LogP contribution in [0.4, 0.5) is 0 Å². The summed E-state index contributed by atoms with van der Waals surface area (Å²) in [5.41, 5.74) is 2.14. The smallest absolute Gasteiger partial charge is 0.308 e. The first kappa shape index (κ1) is 19.6. The van der Waals surface area contributed by atoms with E-state index >= 15 is 0 Å². The standard InChI is InChI=1S/C22H24N2O4/c1-15-6-3-4-9-20(15)22(27)24-12-10-18(11-13-24)23-21(26)17-7-5-8-19(14-17)28-16(2)25/h3-9,14,18H,10-13H2,1-2H3,(H,23,26). The minimum absolute atomic E-state index is 0.00537. The first-order valence-corrected chi connectivity index (χ1v) is 9.38. The fourth-order valence-corrected chi connectivity index (χ4v) is 3.35. The Labute approximate surface area is 164 Å². The van der Waals surface area contributed by atoms with E-state index in [9.17, 15) is 14.4 Å². The van der Waals surface area contributed by atoms with Crippen molar-refractivity contribution in [2.24, 2.45) is 0 Å². The Bertz CT molecular complexity index is 886. The highest BCUT2D eigenvalue weighted by Gasteiger charge is 2.25. The molecule has 3 rings (SSSR count). The minimum Gasteiger partial charge on any atom is -0.427 e. The highest BCUT2D eigenvalue weighted by Crippen LogP contribution is 2.18. The molecule has 1 aliphatic heterocycles. The number of piperidine rings is 1. The molecule has 2 aromatic rings. The van der Waals surface area contributed by atoms with Crippen molar-refractivity contribution in [1.29, 1.82) is 0 Å². The molecule has 2 amide bonds. The van der Waals surface area contributed by atoms with Gasteiger partial charge in [0.25, 0.3) is 11.8 Å². The summed E-state index contributed by atoms with van der Waals surface area (Å²) >= 11 is 0. The molecule has 0 bridgehead atoms. The predicted octanol–water partition coefficient (Wildman–Crippen LogP) is 2.95. The molecule has 2 aromatic carbocycles. The van der Waals surface area contributed by atoms with Gasteiger partial charge in [-0.25, -0.2) is 0 Å². The van der Waals surface area contributed by atoms with Gasteiger partial charge in [-0.15, -0.1) is 0 Å². The van der Waals surface area contributed by atoms with Gasteiger partial charge >= 0.3 is 5.97 Å². The van der Waals surface area contributed by atoms with Crippen molar-refractivity contribution in [2.75, 3.05) is 13.1 Å². The van der Waals surface area contributed by atoms with Crippen molar-refractivity contribution in [3.05, 3.63) is 65.2 Å². The van der Waals surface area contributed by atoms with Gasteiger partial charge in [-0.2, -0.15) is 0 Å². The highest BCUT2D eigenvalue weighted by molar-refractivity contribution is 5.96. The van der Waals surface area contributed by atoms with Crippen LogP contribution in [0, 0.1) is 6.92 Å². The second kappa shape index (κ2) is 8.69. The van der Waals surface area contributed by atoms with Crippen molar-refractivity contribution < 1.29 is 19.1 Å². The molecular formula is C22H24N2O4. The summed E-state index contributed by atoms with van der Waals surface area (Å²) in [5, 5.41) is 3.01. The highest BCUT2D eigenvalue weighted by atomic mass is 16.5. The minimum atomic E-state index is -0.428. The van der Waals surface area contributed by atoms with Crippen molar-refractivity contribution in [3.8, 4) is 5.75 Å². The Hall–Kier alpha value is -3.15. The van der Waals surface area contributed by atoms with Crippen molar-refractivity contribution in [1.82, 2.24) is 10.2 Å². The lowest BCUT2D eigenvalue weighted by atomic mass is 10.0. The van der Waals surface area contributed by atoms with E-state index in [1.54, 1.807) is 24.3 Å². The fraction of sp³-hybridized carbons (Fsp3) is 0.318. The third kappa shape index (κ3) is 4.76. The third-order valence-corrected chi connectivity index (χ3v) is 4.85. The molecule has 1 fully saturated rings. The number of hydrogen-bond acceptors (Lipinski definition) is 4. The van der Waals surface area contributed by atoms with Crippen LogP contribution in [0.5, 0.6) is 5.75 Å². The molecule has 0 saturated carbocycles. The van der Waals surface area contributed by atoms with Crippen LogP contribution >= 0.6 is 0 Å². The number of likely N-dealkylation sites (tertiary alicyclic amines) is 1. The number of carbonyl (C=O) groups is 3. The van der Waals surface area contributed by atoms with E-state index in [0.717, 1.165) is 11.1 Å². The Morgan fingerprint density at radius 3 is 2.43 bits per heavy atom. The van der Waals surface area contributed by atoms with E-state index in [-0.39, 0.29) is 17.9 Å². The fourth-order valence-electron chi connectivity index (χ4n) is 3.35. The number of hydrogen-bond donors (Lipinski definition) is 1. The van der Waals surface area contributed by atoms with Gasteiger partial charge in [-0.1, -0.05) is 24.3 Å². The molecule has 0 aromatic heterocycles. The second-order valence-electron chi connectivity index (χ2n) is 6.98. The molecule has 1 N–H and O–H groups in total. The summed E-state index contributed by atoms with van der Waals surface area (Å²) in [6.45, 7) is 4.46. The summed E-state index contributed by atoms with van der Waals surface area (Å²) in [6, 6.07) is 14.1. The van der Waals surface area contributed by atoms with E-state index in [0.29, 0.717) is 37.2 Å². The molecule has 0 spiro atoms. The predicted molar refractivity (Wildman–Crippen MR) is 105 cm³/mol. The van der Waals surface area contributed by atoms with Gasteiger partial charge in [0.2, 0.25) is 0 Å². The van der Waals surface area contributed by atoms with E-state index in [1.165, 1.54) is 6.92 Å². The number of carbonyl (C=O) groups excluding carboxylic acids is 3. The molecule has 6 heteroatoms. The van der Waals surface area contributed by atoms with Gasteiger partial charge in [0, 0.05) is 37.2 Å². The molecule has 0 unspecified atom stereocenters. The number of amides is 2. The van der Waals surface area contributed by atoms with Gasteiger partial charge < -0.3 is 15.0 Å². The zero-order valence-corrected chi connectivity index (χ0v) is 16.1. The average Bonchev–Trinajstić information content (AvgIpc) is 2.68. The molecule has 28 heavy (non-hydrogen) atoms. The normalized spacial score (nSPS) is 14.4. The van der Waals surface area contributed by atoms with Crippen LogP contribution < -0.4 is 10.1 Å². The lowest BCUT2D eigenvalue weighted by molar-refractivity contribution is -0.131. The summed E-state index contributed by atoms with van der Waals surface area (Å²) in [7, 11) is 0. The monoisotopic (exact) mass is 380 g/mol. The molecule has 0 atom stereocenters. The number of nitrogens with one attached hydrogen (secondary N) is 1. The second-order valence-corrected chi connectivity index (χ2v) is 6.98. The Morgan fingerprint density at radius 1 is 1.04 bits per heavy atom. The summed E-state index contributed by atoms with van der Waals surface area (Å²) in [6.07, 6.45) is 1.40. The van der Waals surface area contributed by atoms with Crippen LogP contribution in [0.25, 0.3) is 0 Å². The van der Waals surface area contributed by atoms with Crippen LogP contribution in [-0.4, -0.2) is 41.8 Å². The number of nitrogens with zero attached hydrogens (tertiary/aromatic N) is 1. The van der Waals surface area contributed by atoms with Crippen molar-refractivity contribution >= 4 is 17.8 Å². The summed E-state index contributed by atoms with van der Waals surface area (Å²) in [5.74, 6) is -0.253. The Morgan fingerprint density at radius 2 is 1.75 bits per heavy atom. The molecule has 1 saturated heterocycles. The molecule has 1 heterocycles. The van der Waals surface area contributed by atoms with E-state index in [2.05, 4.69) is 5.32 Å². The van der Waals surface area contributed by atoms with E-state index in [1.807, 2.05) is 36.1 Å². The number of rotatable bonds is 4. The van der Waals surface area contributed by atoms with Crippen LogP contribution in [0.1, 0.15) is 46.0 Å². The first-order chi connectivity index (χ1) is 13.4.